The largest absolute Gasteiger partial charge is 0.355 e. The molecule has 0 spiro atoms. The van der Waals surface area contributed by atoms with Crippen molar-refractivity contribution in [1.29, 1.82) is 0 Å². The van der Waals surface area contributed by atoms with E-state index in [1.54, 1.807) is 7.05 Å². The third kappa shape index (κ3) is 1.18. The molecule has 3 heteroatoms. The van der Waals surface area contributed by atoms with Crippen molar-refractivity contribution in [3.05, 3.63) is 36.0 Å². The third-order valence-electron chi connectivity index (χ3n) is 2.37. The SMILES string of the molecule is CNC(=O)c1cn(C)c2ccccc12. The summed E-state index contributed by atoms with van der Waals surface area (Å²) in [5.74, 6) is -0.0400. The summed E-state index contributed by atoms with van der Waals surface area (Å²) in [4.78, 5) is 11.5. The summed E-state index contributed by atoms with van der Waals surface area (Å²) in [6.45, 7) is 0. The highest BCUT2D eigenvalue weighted by atomic mass is 16.1. The van der Waals surface area contributed by atoms with Crippen molar-refractivity contribution in [3.63, 3.8) is 0 Å². The van der Waals surface area contributed by atoms with E-state index in [1.807, 2.05) is 42.1 Å². The van der Waals surface area contributed by atoms with Crippen LogP contribution >= 0.6 is 0 Å². The molecule has 0 saturated carbocycles. The molecular weight excluding hydrogens is 176 g/mol. The van der Waals surface area contributed by atoms with E-state index >= 15 is 0 Å². The topological polar surface area (TPSA) is 34.0 Å². The van der Waals surface area contributed by atoms with Crippen LogP contribution in [0.5, 0.6) is 0 Å². The maximum atomic E-state index is 11.5. The molecule has 3 nitrogen and oxygen atoms in total. The van der Waals surface area contributed by atoms with Gasteiger partial charge in [0.25, 0.3) is 5.91 Å². The van der Waals surface area contributed by atoms with Crippen molar-refractivity contribution in [2.45, 2.75) is 0 Å². The van der Waals surface area contributed by atoms with E-state index in [0.29, 0.717) is 0 Å². The average molecular weight is 188 g/mol. The minimum absolute atomic E-state index is 0.0400. The number of aromatic nitrogens is 1. The lowest BCUT2D eigenvalue weighted by Crippen LogP contribution is -2.17. The Hall–Kier alpha value is -1.77. The highest BCUT2D eigenvalue weighted by Gasteiger charge is 2.11. The van der Waals surface area contributed by atoms with E-state index in [2.05, 4.69) is 5.32 Å². The van der Waals surface area contributed by atoms with Gasteiger partial charge in [-0.05, 0) is 6.07 Å². The van der Waals surface area contributed by atoms with Crippen molar-refractivity contribution in [2.24, 2.45) is 7.05 Å². The molecule has 0 saturated heterocycles. The highest BCUT2D eigenvalue weighted by molar-refractivity contribution is 6.06. The van der Waals surface area contributed by atoms with Crippen LogP contribution in [0.4, 0.5) is 0 Å². The quantitative estimate of drug-likeness (QED) is 0.723. The first kappa shape index (κ1) is 8.81. The molecule has 14 heavy (non-hydrogen) atoms. The average Bonchev–Trinajstić information content (AvgIpc) is 2.56. The Morgan fingerprint density at radius 3 is 2.79 bits per heavy atom. The molecule has 0 aliphatic heterocycles. The van der Waals surface area contributed by atoms with Gasteiger partial charge in [-0.3, -0.25) is 4.79 Å². The van der Waals surface area contributed by atoms with Gasteiger partial charge in [-0.1, -0.05) is 18.2 Å². The number of hydrogen-bond acceptors (Lipinski definition) is 1. The molecule has 72 valence electrons. The van der Waals surface area contributed by atoms with Gasteiger partial charge in [0.15, 0.2) is 0 Å². The van der Waals surface area contributed by atoms with Gasteiger partial charge in [-0.25, -0.2) is 0 Å². The standard InChI is InChI=1S/C11H12N2O/c1-12-11(14)9-7-13(2)10-6-4-3-5-8(9)10/h3-7H,1-2H3,(H,12,14). The zero-order chi connectivity index (χ0) is 10.1. The Kier molecular flexibility index (Phi) is 2.00. The van der Waals surface area contributed by atoms with Gasteiger partial charge in [0, 0.05) is 31.2 Å². The van der Waals surface area contributed by atoms with Crippen LogP contribution in [0.3, 0.4) is 0 Å². The maximum Gasteiger partial charge on any atom is 0.253 e. The summed E-state index contributed by atoms with van der Waals surface area (Å²) >= 11 is 0. The van der Waals surface area contributed by atoms with Crippen LogP contribution in [-0.2, 0) is 7.05 Å². The minimum Gasteiger partial charge on any atom is -0.355 e. The van der Waals surface area contributed by atoms with E-state index in [9.17, 15) is 4.79 Å². The summed E-state index contributed by atoms with van der Waals surface area (Å²) < 4.78 is 1.96. The molecule has 0 atom stereocenters. The molecular formula is C11H12N2O. The van der Waals surface area contributed by atoms with Crippen molar-refractivity contribution in [3.8, 4) is 0 Å². The van der Waals surface area contributed by atoms with Crippen molar-refractivity contribution in [1.82, 2.24) is 9.88 Å². The van der Waals surface area contributed by atoms with Gasteiger partial charge in [0.1, 0.15) is 0 Å². The van der Waals surface area contributed by atoms with Crippen LogP contribution < -0.4 is 5.32 Å². The Balaban J connectivity index is 2.72. The molecule has 2 rings (SSSR count). The number of para-hydroxylation sites is 1. The Morgan fingerprint density at radius 2 is 2.07 bits per heavy atom. The smallest absolute Gasteiger partial charge is 0.253 e. The minimum atomic E-state index is -0.0400. The summed E-state index contributed by atoms with van der Waals surface area (Å²) in [7, 11) is 3.58. The molecule has 0 fully saturated rings. The second-order valence-electron chi connectivity index (χ2n) is 3.25. The van der Waals surface area contributed by atoms with Crippen LogP contribution in [0.15, 0.2) is 30.5 Å². The molecule has 0 bridgehead atoms. The highest BCUT2D eigenvalue weighted by Crippen LogP contribution is 2.19. The Bertz CT molecular complexity index is 485. The lowest BCUT2D eigenvalue weighted by atomic mass is 10.2. The number of nitrogens with one attached hydrogen (secondary N) is 1. The first-order valence-corrected chi connectivity index (χ1v) is 4.50. The molecule has 0 aliphatic rings. The van der Waals surface area contributed by atoms with Crippen LogP contribution in [0.2, 0.25) is 0 Å². The molecule has 1 N–H and O–H groups in total. The number of hydrogen-bond donors (Lipinski definition) is 1. The number of rotatable bonds is 1. The lowest BCUT2D eigenvalue weighted by molar-refractivity contribution is 0.0964. The molecule has 2 aromatic rings. The summed E-state index contributed by atoms with van der Waals surface area (Å²) in [6.07, 6.45) is 1.85. The van der Waals surface area contributed by atoms with E-state index in [0.717, 1.165) is 16.5 Å². The summed E-state index contributed by atoms with van der Waals surface area (Å²) in [6, 6.07) is 7.87. The number of aryl methyl sites for hydroxylation is 1. The molecule has 1 aromatic carbocycles. The monoisotopic (exact) mass is 188 g/mol. The van der Waals surface area contributed by atoms with Crippen molar-refractivity contribution < 1.29 is 4.79 Å². The van der Waals surface area contributed by atoms with Gasteiger partial charge < -0.3 is 9.88 Å². The molecule has 1 aromatic heterocycles. The number of carbonyl (C=O) groups excluding carboxylic acids is 1. The van der Waals surface area contributed by atoms with Gasteiger partial charge in [0.2, 0.25) is 0 Å². The number of nitrogens with zero attached hydrogens (tertiary/aromatic N) is 1. The second kappa shape index (κ2) is 3.18. The van der Waals surface area contributed by atoms with Gasteiger partial charge >= 0.3 is 0 Å². The Labute approximate surface area is 82.3 Å². The van der Waals surface area contributed by atoms with Gasteiger partial charge in [0.05, 0.1) is 5.56 Å². The van der Waals surface area contributed by atoms with Crippen LogP contribution in [0.25, 0.3) is 10.9 Å². The predicted octanol–water partition coefficient (Wildman–Crippen LogP) is 1.54. The fraction of sp³-hybridized carbons (Fsp3) is 0.182. The zero-order valence-electron chi connectivity index (χ0n) is 8.24. The predicted molar refractivity (Wildman–Crippen MR) is 56.3 cm³/mol. The number of amides is 1. The van der Waals surface area contributed by atoms with Crippen LogP contribution in [0.1, 0.15) is 10.4 Å². The fourth-order valence-corrected chi connectivity index (χ4v) is 1.66. The number of fused-ring (bicyclic) bond motifs is 1. The molecule has 1 amide bonds. The number of benzene rings is 1. The molecule has 1 heterocycles. The van der Waals surface area contributed by atoms with E-state index in [4.69, 9.17) is 0 Å². The molecule has 0 radical (unpaired) electrons. The van der Waals surface area contributed by atoms with Gasteiger partial charge in [-0.15, -0.1) is 0 Å². The summed E-state index contributed by atoms with van der Waals surface area (Å²) in [5.41, 5.74) is 1.80. The summed E-state index contributed by atoms with van der Waals surface area (Å²) in [5, 5.41) is 3.63. The zero-order valence-corrected chi connectivity index (χ0v) is 8.24. The maximum absolute atomic E-state index is 11.5. The van der Waals surface area contributed by atoms with E-state index in [1.165, 1.54) is 0 Å². The fourth-order valence-electron chi connectivity index (χ4n) is 1.66. The molecule has 0 unspecified atom stereocenters. The number of carbonyl (C=O) groups is 1. The van der Waals surface area contributed by atoms with Crippen molar-refractivity contribution in [2.75, 3.05) is 7.05 Å². The first-order chi connectivity index (χ1) is 6.74. The first-order valence-electron chi connectivity index (χ1n) is 4.50. The van der Waals surface area contributed by atoms with Gasteiger partial charge in [-0.2, -0.15) is 0 Å². The van der Waals surface area contributed by atoms with Crippen LogP contribution in [-0.4, -0.2) is 17.5 Å². The lowest BCUT2D eigenvalue weighted by Gasteiger charge is -1.95. The normalized spacial score (nSPS) is 10.4. The molecule has 0 aliphatic carbocycles. The Morgan fingerprint density at radius 1 is 1.36 bits per heavy atom. The van der Waals surface area contributed by atoms with Crippen molar-refractivity contribution >= 4 is 16.8 Å². The van der Waals surface area contributed by atoms with E-state index < -0.39 is 0 Å². The van der Waals surface area contributed by atoms with Crippen LogP contribution in [0, 0.1) is 0 Å². The van der Waals surface area contributed by atoms with E-state index in [-0.39, 0.29) is 5.91 Å². The third-order valence-corrected chi connectivity index (χ3v) is 2.37. The second-order valence-corrected chi connectivity index (χ2v) is 3.25.